The van der Waals surface area contributed by atoms with E-state index in [0.29, 0.717) is 35.1 Å². The predicted molar refractivity (Wildman–Crippen MR) is 101 cm³/mol. The first-order valence-corrected chi connectivity index (χ1v) is 9.39. The zero-order chi connectivity index (χ0) is 20.5. The van der Waals surface area contributed by atoms with Crippen LogP contribution in [0.2, 0.25) is 0 Å². The van der Waals surface area contributed by atoms with Crippen molar-refractivity contribution < 1.29 is 22.8 Å². The van der Waals surface area contributed by atoms with Gasteiger partial charge < -0.3 is 10.2 Å². The van der Waals surface area contributed by atoms with Gasteiger partial charge in [-0.05, 0) is 38.5 Å². The molecule has 1 aliphatic rings. The molecule has 148 valence electrons. The predicted octanol–water partition coefficient (Wildman–Crippen LogP) is 4.43. The van der Waals surface area contributed by atoms with E-state index in [2.05, 4.69) is 10.3 Å². The molecule has 5 nitrogen and oxygen atoms in total. The molecule has 2 amide bonds. The zero-order valence-corrected chi connectivity index (χ0v) is 16.1. The number of anilines is 1. The van der Waals surface area contributed by atoms with Gasteiger partial charge in [0.1, 0.15) is 4.88 Å². The molecule has 2 heterocycles. The average molecular weight is 409 g/mol. The van der Waals surface area contributed by atoms with Crippen LogP contribution in [0.4, 0.5) is 18.9 Å². The van der Waals surface area contributed by atoms with E-state index in [9.17, 15) is 22.8 Å². The molecule has 0 radical (unpaired) electrons. The number of benzene rings is 1. The van der Waals surface area contributed by atoms with Crippen LogP contribution in [-0.2, 0) is 6.18 Å². The van der Waals surface area contributed by atoms with Crippen molar-refractivity contribution in [2.45, 2.75) is 26.4 Å². The lowest BCUT2D eigenvalue weighted by atomic mass is 10.1. The van der Waals surface area contributed by atoms with Gasteiger partial charge >= 0.3 is 6.18 Å². The molecule has 1 N–H and O–H groups in total. The summed E-state index contributed by atoms with van der Waals surface area (Å²) in [6.07, 6.45) is -0.277. The first-order valence-electron chi connectivity index (χ1n) is 8.57. The third kappa shape index (κ3) is 4.41. The second kappa shape index (κ2) is 7.75. The van der Waals surface area contributed by atoms with Crippen molar-refractivity contribution in [3.05, 3.63) is 57.1 Å². The van der Waals surface area contributed by atoms with Crippen LogP contribution < -0.4 is 5.32 Å². The van der Waals surface area contributed by atoms with Crippen LogP contribution in [-0.4, -0.2) is 34.8 Å². The SMILES string of the molecule is Cc1nc(C)c(C(=O)Nc2cc(C(=O)N3CC=CCC3)cc(C(F)(F)F)c2)s1. The summed E-state index contributed by atoms with van der Waals surface area (Å²) in [5.41, 5.74) is -0.680. The number of aromatic nitrogens is 1. The number of nitrogens with zero attached hydrogens (tertiary/aromatic N) is 2. The number of thiazole rings is 1. The van der Waals surface area contributed by atoms with Gasteiger partial charge in [-0.1, -0.05) is 12.2 Å². The Hall–Kier alpha value is -2.68. The molecule has 1 aromatic heterocycles. The molecule has 0 atom stereocenters. The minimum Gasteiger partial charge on any atom is -0.335 e. The fourth-order valence-electron chi connectivity index (χ4n) is 2.93. The second-order valence-corrected chi connectivity index (χ2v) is 7.61. The van der Waals surface area contributed by atoms with Gasteiger partial charge in [0.05, 0.1) is 16.3 Å². The van der Waals surface area contributed by atoms with Crippen LogP contribution in [0, 0.1) is 13.8 Å². The van der Waals surface area contributed by atoms with E-state index < -0.39 is 23.6 Å². The lowest BCUT2D eigenvalue weighted by molar-refractivity contribution is -0.137. The average Bonchev–Trinajstić information content (AvgIpc) is 2.99. The molecule has 0 saturated heterocycles. The quantitative estimate of drug-likeness (QED) is 0.763. The van der Waals surface area contributed by atoms with E-state index in [1.54, 1.807) is 19.9 Å². The summed E-state index contributed by atoms with van der Waals surface area (Å²) in [5.74, 6) is -1.06. The molecule has 0 saturated carbocycles. The van der Waals surface area contributed by atoms with Crippen LogP contribution >= 0.6 is 11.3 Å². The van der Waals surface area contributed by atoms with Gasteiger partial charge in [0.15, 0.2) is 0 Å². The van der Waals surface area contributed by atoms with Crippen molar-refractivity contribution in [1.29, 1.82) is 0 Å². The number of alkyl halides is 3. The van der Waals surface area contributed by atoms with E-state index in [4.69, 9.17) is 0 Å². The summed E-state index contributed by atoms with van der Waals surface area (Å²) in [7, 11) is 0. The van der Waals surface area contributed by atoms with E-state index in [1.165, 1.54) is 11.0 Å². The summed E-state index contributed by atoms with van der Waals surface area (Å²) in [4.78, 5) is 31.1. The summed E-state index contributed by atoms with van der Waals surface area (Å²) >= 11 is 1.16. The number of carbonyl (C=O) groups is 2. The number of nitrogens with one attached hydrogen (secondary N) is 1. The van der Waals surface area contributed by atoms with Gasteiger partial charge in [-0.25, -0.2) is 4.98 Å². The Morgan fingerprint density at radius 2 is 1.93 bits per heavy atom. The molecule has 1 aromatic carbocycles. The van der Waals surface area contributed by atoms with Crippen LogP contribution in [0.5, 0.6) is 0 Å². The van der Waals surface area contributed by atoms with Crippen LogP contribution in [0.25, 0.3) is 0 Å². The molecule has 1 aliphatic heterocycles. The number of rotatable bonds is 3. The topological polar surface area (TPSA) is 62.3 Å². The number of hydrogen-bond acceptors (Lipinski definition) is 4. The second-order valence-electron chi connectivity index (χ2n) is 6.41. The van der Waals surface area contributed by atoms with E-state index in [0.717, 1.165) is 23.5 Å². The maximum Gasteiger partial charge on any atom is 0.416 e. The monoisotopic (exact) mass is 409 g/mol. The first-order chi connectivity index (χ1) is 13.1. The van der Waals surface area contributed by atoms with Gasteiger partial charge in [0.25, 0.3) is 11.8 Å². The van der Waals surface area contributed by atoms with Crippen molar-refractivity contribution in [2.75, 3.05) is 18.4 Å². The Morgan fingerprint density at radius 3 is 2.50 bits per heavy atom. The molecular weight excluding hydrogens is 391 g/mol. The minimum atomic E-state index is -4.64. The molecular formula is C19H18F3N3O2S. The number of hydrogen-bond donors (Lipinski definition) is 1. The molecule has 0 aliphatic carbocycles. The van der Waals surface area contributed by atoms with Gasteiger partial charge in [0, 0.05) is 24.3 Å². The summed E-state index contributed by atoms with van der Waals surface area (Å²) < 4.78 is 40.0. The third-order valence-corrected chi connectivity index (χ3v) is 5.29. The Labute approximate surface area is 163 Å². The smallest absolute Gasteiger partial charge is 0.335 e. The van der Waals surface area contributed by atoms with Gasteiger partial charge in [-0.3, -0.25) is 9.59 Å². The molecule has 3 rings (SSSR count). The Bertz CT molecular complexity index is 950. The normalized spacial score (nSPS) is 14.2. The van der Waals surface area contributed by atoms with E-state index in [1.807, 2.05) is 6.08 Å². The van der Waals surface area contributed by atoms with Crippen molar-refractivity contribution in [3.8, 4) is 0 Å². The van der Waals surface area contributed by atoms with Gasteiger partial charge in [0.2, 0.25) is 0 Å². The van der Waals surface area contributed by atoms with Gasteiger partial charge in [-0.15, -0.1) is 11.3 Å². The highest BCUT2D eigenvalue weighted by Crippen LogP contribution is 2.33. The van der Waals surface area contributed by atoms with Crippen molar-refractivity contribution in [3.63, 3.8) is 0 Å². The Balaban J connectivity index is 1.94. The highest BCUT2D eigenvalue weighted by atomic mass is 32.1. The molecule has 0 spiro atoms. The summed E-state index contributed by atoms with van der Waals surface area (Å²) in [5, 5.41) is 3.15. The van der Waals surface area contributed by atoms with Crippen molar-refractivity contribution in [1.82, 2.24) is 9.88 Å². The molecule has 0 bridgehead atoms. The van der Waals surface area contributed by atoms with E-state index in [-0.39, 0.29) is 11.3 Å². The number of amides is 2. The lowest BCUT2D eigenvalue weighted by Gasteiger charge is -2.24. The molecule has 0 unspecified atom stereocenters. The van der Waals surface area contributed by atoms with Gasteiger partial charge in [-0.2, -0.15) is 13.2 Å². The summed E-state index contributed by atoms with van der Waals surface area (Å²) in [6.45, 7) is 4.18. The van der Waals surface area contributed by atoms with Crippen LogP contribution in [0.3, 0.4) is 0 Å². The highest BCUT2D eigenvalue weighted by Gasteiger charge is 2.32. The van der Waals surface area contributed by atoms with Crippen molar-refractivity contribution >= 4 is 28.8 Å². The zero-order valence-electron chi connectivity index (χ0n) is 15.3. The fraction of sp³-hybridized carbons (Fsp3) is 0.316. The van der Waals surface area contributed by atoms with Crippen LogP contribution in [0.1, 0.15) is 42.7 Å². The lowest BCUT2D eigenvalue weighted by Crippen LogP contribution is -2.34. The molecule has 2 aromatic rings. The van der Waals surface area contributed by atoms with E-state index >= 15 is 0 Å². The highest BCUT2D eigenvalue weighted by molar-refractivity contribution is 7.13. The van der Waals surface area contributed by atoms with Crippen molar-refractivity contribution in [2.24, 2.45) is 0 Å². The molecule has 0 fully saturated rings. The largest absolute Gasteiger partial charge is 0.416 e. The fourth-order valence-corrected chi connectivity index (χ4v) is 3.74. The maximum absolute atomic E-state index is 13.3. The summed E-state index contributed by atoms with van der Waals surface area (Å²) in [6, 6.07) is 2.92. The number of halogens is 3. The molecule has 9 heteroatoms. The third-order valence-electron chi connectivity index (χ3n) is 4.22. The standard InChI is InChI=1S/C19H18F3N3O2S/c1-11-16(28-12(2)23-11)17(26)24-15-9-13(8-14(10-15)19(20,21)22)18(27)25-6-4-3-5-7-25/h3-4,8-10H,5-7H2,1-2H3,(H,24,26). The Kier molecular flexibility index (Phi) is 5.55. The first kappa shape index (κ1) is 20.1. The maximum atomic E-state index is 13.3. The minimum absolute atomic E-state index is 0.0822. The Morgan fingerprint density at radius 1 is 1.18 bits per heavy atom. The number of aryl methyl sites for hydroxylation is 2. The van der Waals surface area contributed by atoms with Crippen LogP contribution in [0.15, 0.2) is 30.4 Å². The number of carbonyl (C=O) groups excluding carboxylic acids is 2. The molecule has 28 heavy (non-hydrogen) atoms.